The second-order valence-electron chi connectivity index (χ2n) is 18.8. The Labute approximate surface area is 426 Å². The molecule has 29 atom stereocenters. The predicted molar refractivity (Wildman–Crippen MR) is 235 cm³/mol. The van der Waals surface area contributed by atoms with Crippen LogP contribution in [0.3, 0.4) is 0 Å². The summed E-state index contributed by atoms with van der Waals surface area (Å²) in [7, 11) is 0. The number of nitrogens with one attached hydrogen (secondary N) is 3. The van der Waals surface area contributed by atoms with Crippen LogP contribution < -0.4 is 16.0 Å². The van der Waals surface area contributed by atoms with Gasteiger partial charge in [0.25, 0.3) is 0 Å². The highest BCUT2D eigenvalue weighted by molar-refractivity contribution is 5.74. The van der Waals surface area contributed by atoms with Gasteiger partial charge in [-0.1, -0.05) is 0 Å². The molecule has 0 saturated carbocycles. The first-order chi connectivity index (χ1) is 35.3. The fraction of sp³-hybridized carbons (Fsp3) is 0.929. The molecule has 1 unspecified atom stereocenters. The monoisotopic (exact) mass is 1100 g/mol. The molecule has 5 aliphatic heterocycles. The van der Waals surface area contributed by atoms with E-state index in [2.05, 4.69) is 16.0 Å². The number of carbonyl (C=O) groups excluding carboxylic acids is 3. The molecule has 5 heterocycles. The Bertz CT molecular complexity index is 1800. The molecule has 5 saturated heterocycles. The molecule has 5 rings (SSSR count). The maximum absolute atomic E-state index is 12.5. The van der Waals surface area contributed by atoms with Crippen LogP contribution in [-0.4, -0.2) is 322 Å². The first-order valence-electron chi connectivity index (χ1n) is 23.9. The van der Waals surface area contributed by atoms with E-state index in [-0.39, 0.29) is 0 Å². The molecule has 0 spiro atoms. The van der Waals surface area contributed by atoms with E-state index in [1.54, 1.807) is 0 Å². The number of rotatable bonds is 22. The molecule has 20 N–H and O–H groups in total. The minimum atomic E-state index is -2.37. The lowest BCUT2D eigenvalue weighted by Gasteiger charge is -2.50. The Morgan fingerprint density at radius 1 is 0.480 bits per heavy atom. The normalized spacial score (nSPS) is 44.2. The highest BCUT2D eigenvalue weighted by atomic mass is 16.8. The van der Waals surface area contributed by atoms with Crippen molar-refractivity contribution in [1.82, 2.24) is 16.0 Å². The van der Waals surface area contributed by atoms with Crippen molar-refractivity contribution in [3.8, 4) is 0 Å². The molecular formula is C42H73N3O30. The summed E-state index contributed by atoms with van der Waals surface area (Å²) in [5.74, 6) is -2.48. The van der Waals surface area contributed by atoms with Gasteiger partial charge in [-0.25, -0.2) is 0 Å². The SMILES string of the molecule is CC(=O)N[C@H]1[C@H](OC[C@@H](O)[C@H](O)[C@H](O[C@@H]2O[C@H](CO)[C@H](O)[C@H](O[C@H]3O[C@H](CO)[C@H](O)[C@H](O)[C@H]3NC(C)=O)[C@H]2OC2O[C@@H](C)[C@@H](O)[C@@H](O)[C@@H]2O)[C@H](CO)NC(C)=O)O[C@H](CO)[C@@H](O[C@@H]2O[C@H](CO)[C@H](O)[C@H](O)[C@H]2O)[C@@H]1O. The van der Waals surface area contributed by atoms with Gasteiger partial charge < -0.3 is 150 Å². The van der Waals surface area contributed by atoms with Gasteiger partial charge in [0.1, 0.15) is 134 Å². The van der Waals surface area contributed by atoms with Crippen LogP contribution in [0.4, 0.5) is 0 Å². The molecule has 0 aromatic rings. The molecule has 33 nitrogen and oxygen atoms in total. The Morgan fingerprint density at radius 2 is 0.933 bits per heavy atom. The number of ether oxygens (including phenoxy) is 10. The molecule has 5 fully saturated rings. The van der Waals surface area contributed by atoms with E-state index in [9.17, 15) is 101 Å². The van der Waals surface area contributed by atoms with Crippen LogP contribution in [0.5, 0.6) is 0 Å². The Hall–Kier alpha value is -2.67. The van der Waals surface area contributed by atoms with Gasteiger partial charge in [0.2, 0.25) is 17.7 Å². The summed E-state index contributed by atoms with van der Waals surface area (Å²) in [6.45, 7) is -1.72. The van der Waals surface area contributed by atoms with E-state index in [4.69, 9.17) is 47.4 Å². The number of carbonyl (C=O) groups is 3. The first-order valence-corrected chi connectivity index (χ1v) is 23.9. The molecule has 75 heavy (non-hydrogen) atoms. The minimum Gasteiger partial charge on any atom is -0.394 e. The van der Waals surface area contributed by atoms with Crippen LogP contribution in [0.1, 0.15) is 27.7 Å². The summed E-state index contributed by atoms with van der Waals surface area (Å²) >= 11 is 0. The van der Waals surface area contributed by atoms with E-state index in [0.29, 0.717) is 0 Å². The lowest BCUT2D eigenvalue weighted by atomic mass is 9.94. The van der Waals surface area contributed by atoms with Crippen molar-refractivity contribution in [2.75, 3.05) is 39.6 Å². The molecule has 3 amide bonds. The molecule has 0 bridgehead atoms. The topological polar surface area (TPSA) is 524 Å². The van der Waals surface area contributed by atoms with Crippen LogP contribution >= 0.6 is 0 Å². The summed E-state index contributed by atoms with van der Waals surface area (Å²) in [6.07, 6.45) is -49.5. The molecule has 0 aromatic carbocycles. The second-order valence-corrected chi connectivity index (χ2v) is 18.8. The van der Waals surface area contributed by atoms with Crippen LogP contribution in [-0.2, 0) is 61.8 Å². The summed E-state index contributed by atoms with van der Waals surface area (Å²) in [6, 6.07) is -5.12. The van der Waals surface area contributed by atoms with Crippen molar-refractivity contribution in [1.29, 1.82) is 0 Å². The zero-order valence-electron chi connectivity index (χ0n) is 40.9. The third kappa shape index (κ3) is 14.8. The van der Waals surface area contributed by atoms with Crippen molar-refractivity contribution in [2.24, 2.45) is 0 Å². The number of aliphatic hydroxyl groups excluding tert-OH is 17. The summed E-state index contributed by atoms with van der Waals surface area (Å²) < 4.78 is 58.1. The molecule has 0 aromatic heterocycles. The van der Waals surface area contributed by atoms with Crippen LogP contribution in [0, 0.1) is 0 Å². The van der Waals surface area contributed by atoms with Crippen molar-refractivity contribution in [3.63, 3.8) is 0 Å². The van der Waals surface area contributed by atoms with Gasteiger partial charge >= 0.3 is 0 Å². The fourth-order valence-electron chi connectivity index (χ4n) is 9.15. The van der Waals surface area contributed by atoms with Gasteiger partial charge in [-0.2, -0.15) is 0 Å². The predicted octanol–water partition coefficient (Wildman–Crippen LogP) is -13.0. The zero-order chi connectivity index (χ0) is 55.9. The van der Waals surface area contributed by atoms with E-state index in [0.717, 1.165) is 20.8 Å². The van der Waals surface area contributed by atoms with Crippen LogP contribution in [0.15, 0.2) is 0 Å². The number of hydrogen-bond acceptors (Lipinski definition) is 30. The molecule has 0 radical (unpaired) electrons. The maximum atomic E-state index is 12.5. The average molecular weight is 1100 g/mol. The van der Waals surface area contributed by atoms with Crippen molar-refractivity contribution in [3.05, 3.63) is 0 Å². The van der Waals surface area contributed by atoms with Gasteiger partial charge in [0.05, 0.1) is 51.8 Å². The number of amides is 3. The van der Waals surface area contributed by atoms with E-state index in [1.807, 2.05) is 0 Å². The van der Waals surface area contributed by atoms with Gasteiger partial charge in [-0.15, -0.1) is 0 Å². The minimum absolute atomic E-state index is 0.802. The highest BCUT2D eigenvalue weighted by Crippen LogP contribution is 2.36. The van der Waals surface area contributed by atoms with E-state index >= 15 is 0 Å². The molecular weight excluding hydrogens is 1030 g/mol. The number of hydrogen-bond donors (Lipinski definition) is 20. The summed E-state index contributed by atoms with van der Waals surface area (Å²) in [4.78, 5) is 37.2. The lowest BCUT2D eigenvalue weighted by molar-refractivity contribution is -0.392. The Morgan fingerprint density at radius 3 is 1.47 bits per heavy atom. The standard InChI is InChI=1S/C42H73N3O30/c1-11-23(55)30(62)32(64)40(67-11)75-37-36(74-39-21(44-13(3)52)28(60)25(57)17(6-47)68-39)27(59)19(8-49)70-42(37)72-34(15(5-46)43-12(2)51)24(56)16(54)10-66-38-22(45-14(4)53)29(61)35(20(9-50)71-38)73-41-33(65)31(63)26(58)18(7-48)69-41/h11,15-42,46-50,54-65H,5-10H2,1-4H3,(H,43,51)(H,44,52)(H,45,53)/t11-,15-,16+,17+,18+,19+,20+,21+,22+,23+,24-,25-,26-,27-,28+,29+,30+,31-,32-,33+,34+,35+,36-,37+,38+,39+,40?,41-,42-/m0/s1. The quantitative estimate of drug-likeness (QED) is 0.0479. The molecule has 0 aliphatic carbocycles. The highest BCUT2D eigenvalue weighted by Gasteiger charge is 2.57. The van der Waals surface area contributed by atoms with Crippen molar-refractivity contribution < 1.29 is 149 Å². The van der Waals surface area contributed by atoms with Crippen LogP contribution in [0.25, 0.3) is 0 Å². The number of aliphatic hydroxyl groups is 17. The van der Waals surface area contributed by atoms with Crippen molar-refractivity contribution >= 4 is 17.7 Å². The van der Waals surface area contributed by atoms with Crippen LogP contribution in [0.2, 0.25) is 0 Å². The third-order valence-electron chi connectivity index (χ3n) is 13.2. The maximum Gasteiger partial charge on any atom is 0.217 e. The summed E-state index contributed by atoms with van der Waals surface area (Å²) in [5.41, 5.74) is 0. The molecule has 436 valence electrons. The Kier molecular flexibility index (Phi) is 23.5. The lowest BCUT2D eigenvalue weighted by Crippen LogP contribution is -2.69. The Balaban J connectivity index is 1.47. The van der Waals surface area contributed by atoms with Gasteiger partial charge in [0, 0.05) is 20.8 Å². The molecule has 5 aliphatic rings. The third-order valence-corrected chi connectivity index (χ3v) is 13.2. The van der Waals surface area contributed by atoms with Crippen molar-refractivity contribution in [2.45, 2.75) is 205 Å². The van der Waals surface area contributed by atoms with E-state index < -0.39 is 235 Å². The second kappa shape index (κ2) is 28.0. The summed E-state index contributed by atoms with van der Waals surface area (Å²) in [5, 5.41) is 190. The first kappa shape index (κ1) is 63.2. The fourth-order valence-corrected chi connectivity index (χ4v) is 9.15. The zero-order valence-corrected chi connectivity index (χ0v) is 40.9. The van der Waals surface area contributed by atoms with Gasteiger partial charge in [-0.3, -0.25) is 14.4 Å². The van der Waals surface area contributed by atoms with E-state index in [1.165, 1.54) is 6.92 Å². The van der Waals surface area contributed by atoms with Gasteiger partial charge in [-0.05, 0) is 6.92 Å². The largest absolute Gasteiger partial charge is 0.394 e. The van der Waals surface area contributed by atoms with Gasteiger partial charge in [0.15, 0.2) is 31.5 Å². The average Bonchev–Trinajstić information content (AvgIpc) is 3.37. The molecule has 33 heteroatoms. The smallest absolute Gasteiger partial charge is 0.217 e.